The molecule has 0 aromatic heterocycles. The second-order valence-electron chi connectivity index (χ2n) is 12.3. The summed E-state index contributed by atoms with van der Waals surface area (Å²) in [5.41, 5.74) is 4.45. The Morgan fingerprint density at radius 3 is 2.27 bits per heavy atom. The van der Waals surface area contributed by atoms with E-state index in [9.17, 15) is 9.59 Å². The molecule has 3 aliphatic rings. The lowest BCUT2D eigenvalue weighted by molar-refractivity contribution is 0.0146. The lowest BCUT2D eigenvalue weighted by Crippen LogP contribution is -2.46. The fourth-order valence-corrected chi connectivity index (χ4v) is 7.31. The van der Waals surface area contributed by atoms with Crippen LogP contribution < -0.4 is 10.6 Å². The van der Waals surface area contributed by atoms with Crippen LogP contribution in [-0.2, 0) is 9.47 Å². The molecule has 1 aliphatic carbocycles. The number of nitrogens with one attached hydrogen (secondary N) is 2. The number of carbonyl (C=O) groups is 2. The van der Waals surface area contributed by atoms with Gasteiger partial charge in [-0.15, -0.1) is 11.8 Å². The smallest absolute Gasteiger partial charge is 0.410 e. The number of rotatable bonds is 7. The number of benzene rings is 2. The second kappa shape index (κ2) is 12.9. The fourth-order valence-electron chi connectivity index (χ4n) is 6.44. The summed E-state index contributed by atoms with van der Waals surface area (Å²) in [4.78, 5) is 26.8. The summed E-state index contributed by atoms with van der Waals surface area (Å²) < 4.78 is 11.2. The molecule has 2 saturated heterocycles. The molecule has 40 heavy (non-hydrogen) atoms. The number of piperidine rings is 2. The van der Waals surface area contributed by atoms with Crippen molar-refractivity contribution >= 4 is 23.9 Å². The number of fused-ring (bicyclic) bond motifs is 3. The molecule has 0 radical (unpaired) electrons. The molecule has 0 bridgehead atoms. The van der Waals surface area contributed by atoms with Gasteiger partial charge in [0, 0.05) is 30.8 Å². The van der Waals surface area contributed by atoms with Crippen molar-refractivity contribution in [2.24, 2.45) is 11.8 Å². The second-order valence-corrected chi connectivity index (χ2v) is 13.3. The maximum absolute atomic E-state index is 12.5. The Morgan fingerprint density at radius 2 is 1.62 bits per heavy atom. The van der Waals surface area contributed by atoms with Crippen LogP contribution in [0.25, 0.3) is 11.1 Å². The predicted octanol–water partition coefficient (Wildman–Crippen LogP) is 6.23. The third-order valence-electron chi connectivity index (χ3n) is 8.37. The molecule has 0 spiro atoms. The number of ether oxygens (including phenoxy) is 2. The van der Waals surface area contributed by atoms with E-state index in [1.54, 1.807) is 11.8 Å². The van der Waals surface area contributed by atoms with Crippen LogP contribution in [0.3, 0.4) is 0 Å². The van der Waals surface area contributed by atoms with Crippen molar-refractivity contribution < 1.29 is 19.1 Å². The fraction of sp³-hybridized carbons (Fsp3) is 0.562. The minimum absolute atomic E-state index is 0.0742. The first kappa shape index (κ1) is 28.8. The van der Waals surface area contributed by atoms with Gasteiger partial charge in [0.15, 0.2) is 0 Å². The molecule has 5 rings (SSSR count). The largest absolute Gasteiger partial charge is 0.449 e. The first-order chi connectivity index (χ1) is 19.3. The van der Waals surface area contributed by atoms with Gasteiger partial charge in [0.05, 0.1) is 5.88 Å². The van der Waals surface area contributed by atoms with Crippen LogP contribution in [0.5, 0.6) is 0 Å². The van der Waals surface area contributed by atoms with Crippen molar-refractivity contribution in [3.8, 4) is 11.1 Å². The summed E-state index contributed by atoms with van der Waals surface area (Å²) >= 11 is 1.74. The van der Waals surface area contributed by atoms with Gasteiger partial charge < -0.3 is 25.0 Å². The minimum Gasteiger partial charge on any atom is -0.449 e. The summed E-state index contributed by atoms with van der Waals surface area (Å²) in [5.74, 6) is 2.91. The van der Waals surface area contributed by atoms with Crippen LogP contribution in [0.1, 0.15) is 63.5 Å². The average molecular weight is 566 g/mol. The van der Waals surface area contributed by atoms with Gasteiger partial charge in [0.2, 0.25) is 0 Å². The molecule has 216 valence electrons. The number of likely N-dealkylation sites (tertiary alicyclic amines) is 1. The third kappa shape index (κ3) is 7.13. The van der Waals surface area contributed by atoms with Crippen LogP contribution in [0.4, 0.5) is 9.59 Å². The summed E-state index contributed by atoms with van der Waals surface area (Å²) in [5, 5.41) is 6.59. The van der Waals surface area contributed by atoms with Gasteiger partial charge in [-0.25, -0.2) is 9.59 Å². The average Bonchev–Trinajstić information content (AvgIpc) is 3.27. The molecule has 2 amide bonds. The Bertz CT molecular complexity index is 1130. The van der Waals surface area contributed by atoms with Gasteiger partial charge >= 0.3 is 12.2 Å². The zero-order valence-corrected chi connectivity index (χ0v) is 24.8. The van der Waals surface area contributed by atoms with E-state index in [0.29, 0.717) is 30.4 Å². The highest BCUT2D eigenvalue weighted by Crippen LogP contribution is 2.44. The number of hydrogen-bond acceptors (Lipinski definition) is 6. The van der Waals surface area contributed by atoms with E-state index in [2.05, 4.69) is 47.0 Å². The molecule has 0 saturated carbocycles. The molecule has 8 heteroatoms. The first-order valence-corrected chi connectivity index (χ1v) is 15.8. The standard InChI is InChI=1S/C32H43N3O4S/c1-32(2,3)39-31(37)35-16-13-22(14-17-35)23-12-15-33-24(18-23)20-40-21-34-30(36)38-19-29-27-10-6-4-8-25(27)26-9-5-7-11-28(26)29/h4-11,22-24,29,33H,12-21H2,1-3H3,(H,34,36). The van der Waals surface area contributed by atoms with E-state index in [1.165, 1.54) is 28.7 Å². The van der Waals surface area contributed by atoms with Crippen molar-refractivity contribution in [2.45, 2.75) is 64.0 Å². The van der Waals surface area contributed by atoms with Crippen LogP contribution in [0.2, 0.25) is 0 Å². The summed E-state index contributed by atoms with van der Waals surface area (Å²) in [6, 6.07) is 17.2. The van der Waals surface area contributed by atoms with Gasteiger partial charge in [-0.3, -0.25) is 0 Å². The molecule has 2 N–H and O–H groups in total. The van der Waals surface area contributed by atoms with Crippen molar-refractivity contribution in [1.29, 1.82) is 0 Å². The zero-order valence-electron chi connectivity index (χ0n) is 24.0. The van der Waals surface area contributed by atoms with Crippen LogP contribution >= 0.6 is 11.8 Å². The number of nitrogens with zero attached hydrogens (tertiary/aromatic N) is 1. The summed E-state index contributed by atoms with van der Waals surface area (Å²) in [7, 11) is 0. The molecular formula is C32H43N3O4S. The molecule has 2 heterocycles. The lowest BCUT2D eigenvalue weighted by atomic mass is 9.77. The monoisotopic (exact) mass is 565 g/mol. The van der Waals surface area contributed by atoms with Gasteiger partial charge in [0.1, 0.15) is 12.2 Å². The molecule has 2 aromatic carbocycles. The van der Waals surface area contributed by atoms with Crippen molar-refractivity contribution in [3.63, 3.8) is 0 Å². The summed E-state index contributed by atoms with van der Waals surface area (Å²) in [6.07, 6.45) is 3.89. The van der Waals surface area contributed by atoms with E-state index in [4.69, 9.17) is 9.47 Å². The highest BCUT2D eigenvalue weighted by molar-refractivity contribution is 7.99. The van der Waals surface area contributed by atoms with Gasteiger partial charge in [-0.2, -0.15) is 0 Å². The Hall–Kier alpha value is -2.71. The molecule has 7 nitrogen and oxygen atoms in total. The van der Waals surface area contributed by atoms with Gasteiger partial charge in [-0.1, -0.05) is 48.5 Å². The minimum atomic E-state index is -0.451. The number of amides is 2. The predicted molar refractivity (Wildman–Crippen MR) is 161 cm³/mol. The molecule has 2 atom stereocenters. The van der Waals surface area contributed by atoms with E-state index in [0.717, 1.165) is 44.6 Å². The Morgan fingerprint density at radius 1 is 0.975 bits per heavy atom. The number of thioether (sulfide) groups is 1. The van der Waals surface area contributed by atoms with Crippen molar-refractivity contribution in [2.75, 3.05) is 37.9 Å². The normalized spacial score (nSPS) is 21.4. The molecule has 2 aromatic rings. The molecule has 2 unspecified atom stereocenters. The Labute approximate surface area is 242 Å². The number of carbonyl (C=O) groups excluding carboxylic acids is 2. The van der Waals surface area contributed by atoms with E-state index in [-0.39, 0.29) is 18.1 Å². The number of hydrogen-bond donors (Lipinski definition) is 2. The van der Waals surface area contributed by atoms with Crippen molar-refractivity contribution in [3.05, 3.63) is 59.7 Å². The maximum Gasteiger partial charge on any atom is 0.410 e. The Balaban J connectivity index is 1.00. The van der Waals surface area contributed by atoms with E-state index in [1.807, 2.05) is 37.8 Å². The number of alkyl carbamates (subject to hydrolysis) is 1. The Kier molecular flexibility index (Phi) is 9.26. The first-order valence-electron chi connectivity index (χ1n) is 14.7. The zero-order chi connectivity index (χ0) is 28.1. The van der Waals surface area contributed by atoms with Crippen LogP contribution in [0, 0.1) is 11.8 Å². The maximum atomic E-state index is 12.5. The van der Waals surface area contributed by atoms with E-state index < -0.39 is 5.60 Å². The van der Waals surface area contributed by atoms with Crippen LogP contribution in [0.15, 0.2) is 48.5 Å². The van der Waals surface area contributed by atoms with Gasteiger partial charge in [-0.05, 0) is 87.1 Å². The van der Waals surface area contributed by atoms with Gasteiger partial charge in [0.25, 0.3) is 0 Å². The van der Waals surface area contributed by atoms with Crippen molar-refractivity contribution in [1.82, 2.24) is 15.5 Å². The molecular weight excluding hydrogens is 522 g/mol. The SMILES string of the molecule is CC(C)(C)OC(=O)N1CCC(C2CCNC(CSCNC(=O)OCC3c4ccccc4-c4ccccc43)C2)CC1. The molecule has 2 fully saturated rings. The highest BCUT2D eigenvalue weighted by Gasteiger charge is 2.33. The van der Waals surface area contributed by atoms with E-state index >= 15 is 0 Å². The van der Waals surface area contributed by atoms with Crippen LogP contribution in [-0.4, -0.2) is 66.6 Å². The summed E-state index contributed by atoms with van der Waals surface area (Å²) in [6.45, 7) is 8.68. The lowest BCUT2D eigenvalue weighted by Gasteiger charge is -2.40. The third-order valence-corrected chi connectivity index (χ3v) is 9.36. The quantitative estimate of drug-likeness (QED) is 0.306. The molecule has 2 aliphatic heterocycles. The topological polar surface area (TPSA) is 79.9 Å². The highest BCUT2D eigenvalue weighted by atomic mass is 32.2.